The van der Waals surface area contributed by atoms with Crippen LogP contribution in [0.4, 0.5) is 0 Å². The van der Waals surface area contributed by atoms with Gasteiger partial charge in [-0.25, -0.2) is 4.79 Å². The minimum atomic E-state index is -0.415. The highest BCUT2D eigenvalue weighted by molar-refractivity contribution is 6.30. The molecule has 1 N–H and O–H groups in total. The molecule has 4 rings (SSSR count). The number of aliphatic hydroxyl groups excluding tert-OH is 1. The second-order valence-electron chi connectivity index (χ2n) is 8.67. The molecule has 0 bridgehead atoms. The van der Waals surface area contributed by atoms with E-state index in [1.54, 1.807) is 25.4 Å². The maximum absolute atomic E-state index is 13.2. The molecule has 0 saturated carbocycles. The van der Waals surface area contributed by atoms with Gasteiger partial charge in [0, 0.05) is 56.6 Å². The fourth-order valence-electron chi connectivity index (χ4n) is 4.04. The van der Waals surface area contributed by atoms with Gasteiger partial charge in [0.15, 0.2) is 0 Å². The van der Waals surface area contributed by atoms with Crippen molar-refractivity contribution >= 4 is 17.7 Å². The van der Waals surface area contributed by atoms with Crippen molar-refractivity contribution in [2.45, 2.75) is 39.7 Å². The van der Waals surface area contributed by atoms with Gasteiger partial charge >= 0.3 is 5.69 Å². The third kappa shape index (κ3) is 5.31. The molecule has 2 aromatic heterocycles. The van der Waals surface area contributed by atoms with Gasteiger partial charge < -0.3 is 9.84 Å². The topological polar surface area (TPSA) is 86.4 Å². The van der Waals surface area contributed by atoms with E-state index in [1.165, 1.54) is 9.13 Å². The molecule has 1 aliphatic rings. The quantitative estimate of drug-likeness (QED) is 0.542. The first kappa shape index (κ1) is 24.7. The van der Waals surface area contributed by atoms with Crippen LogP contribution in [0.15, 0.2) is 63.5 Å². The Hall–Kier alpha value is -3.42. The summed E-state index contributed by atoms with van der Waals surface area (Å²) in [7, 11) is 1.65. The van der Waals surface area contributed by atoms with Crippen LogP contribution in [0.2, 0.25) is 5.02 Å². The van der Waals surface area contributed by atoms with E-state index >= 15 is 0 Å². The Kier molecular flexibility index (Phi) is 7.38. The van der Waals surface area contributed by atoms with Crippen molar-refractivity contribution in [3.8, 4) is 5.75 Å². The summed E-state index contributed by atoms with van der Waals surface area (Å²) in [4.78, 5) is 30.5. The van der Waals surface area contributed by atoms with Gasteiger partial charge in [-0.1, -0.05) is 23.7 Å². The Balaban J connectivity index is 1.80. The number of halogens is 1. The zero-order chi connectivity index (χ0) is 25.1. The van der Waals surface area contributed by atoms with E-state index in [0.29, 0.717) is 47.1 Å². The van der Waals surface area contributed by atoms with Crippen LogP contribution in [0.25, 0.3) is 6.08 Å². The highest BCUT2D eigenvalue weighted by Crippen LogP contribution is 2.29. The number of rotatable bonds is 7. The number of allylic oxidation sites excluding steroid dienone is 2. The smallest absolute Gasteiger partial charge is 0.331 e. The first-order valence-electron chi connectivity index (χ1n) is 11.5. The van der Waals surface area contributed by atoms with Crippen molar-refractivity contribution in [3.05, 3.63) is 108 Å². The lowest BCUT2D eigenvalue weighted by atomic mass is 9.95. The van der Waals surface area contributed by atoms with E-state index < -0.39 is 5.69 Å². The van der Waals surface area contributed by atoms with Crippen molar-refractivity contribution in [2.75, 3.05) is 6.61 Å². The van der Waals surface area contributed by atoms with E-state index in [2.05, 4.69) is 4.98 Å². The zero-order valence-electron chi connectivity index (χ0n) is 20.0. The number of fused-ring (bicyclic) bond motifs is 1. The fraction of sp³-hybridized carbons (Fsp3) is 0.296. The van der Waals surface area contributed by atoms with E-state index in [1.807, 2.05) is 44.2 Å². The van der Waals surface area contributed by atoms with Gasteiger partial charge in [0.25, 0.3) is 5.56 Å². The molecule has 0 saturated heterocycles. The molecule has 1 aromatic carbocycles. The molecule has 0 spiro atoms. The van der Waals surface area contributed by atoms with Crippen LogP contribution < -0.4 is 16.0 Å². The minimum absolute atomic E-state index is 0.0974. The van der Waals surface area contributed by atoms with Crippen molar-refractivity contribution in [2.24, 2.45) is 7.05 Å². The van der Waals surface area contributed by atoms with E-state index in [0.717, 1.165) is 22.4 Å². The first-order valence-corrected chi connectivity index (χ1v) is 11.9. The third-order valence-electron chi connectivity index (χ3n) is 6.24. The van der Waals surface area contributed by atoms with Crippen molar-refractivity contribution in [1.82, 2.24) is 14.1 Å². The molecule has 8 heteroatoms. The predicted octanol–water partition coefficient (Wildman–Crippen LogP) is 3.74. The van der Waals surface area contributed by atoms with Crippen LogP contribution in [-0.4, -0.2) is 25.8 Å². The lowest BCUT2D eigenvalue weighted by molar-refractivity contribution is 0.277. The monoisotopic (exact) mass is 493 g/mol. The van der Waals surface area contributed by atoms with Gasteiger partial charge in [0.1, 0.15) is 11.5 Å². The van der Waals surface area contributed by atoms with E-state index in [4.69, 9.17) is 16.3 Å². The molecule has 0 aliphatic heterocycles. The molecule has 7 nitrogen and oxygen atoms in total. The highest BCUT2D eigenvalue weighted by atomic mass is 35.5. The van der Waals surface area contributed by atoms with Crippen LogP contribution in [0.3, 0.4) is 0 Å². The van der Waals surface area contributed by atoms with Crippen molar-refractivity contribution < 1.29 is 9.84 Å². The van der Waals surface area contributed by atoms with Gasteiger partial charge in [-0.05, 0) is 61.2 Å². The van der Waals surface area contributed by atoms with Crippen LogP contribution in [0.1, 0.15) is 34.5 Å². The molecular formula is C27H28ClN3O4. The SMILES string of the molecule is Cc1ccc(OC2=Cc3c(c(=O)n(CCCO)c(=O)n3C)CC2=CCc2ccc(Cl)cn2)cc1C. The van der Waals surface area contributed by atoms with Crippen LogP contribution in [0.5, 0.6) is 5.75 Å². The van der Waals surface area contributed by atoms with Gasteiger partial charge in [0.2, 0.25) is 0 Å². The molecule has 3 aromatic rings. The number of hydrogen-bond donors (Lipinski definition) is 1. The summed E-state index contributed by atoms with van der Waals surface area (Å²) in [6.07, 6.45) is 6.52. The molecule has 0 radical (unpaired) electrons. The molecule has 0 amide bonds. The summed E-state index contributed by atoms with van der Waals surface area (Å²) < 4.78 is 8.95. The zero-order valence-corrected chi connectivity index (χ0v) is 20.8. The van der Waals surface area contributed by atoms with Crippen LogP contribution >= 0.6 is 11.6 Å². The molecular weight excluding hydrogens is 466 g/mol. The minimum Gasteiger partial charge on any atom is -0.457 e. The summed E-state index contributed by atoms with van der Waals surface area (Å²) >= 11 is 5.96. The number of aliphatic hydroxyl groups is 1. The summed E-state index contributed by atoms with van der Waals surface area (Å²) in [6, 6.07) is 9.52. The molecule has 0 atom stereocenters. The standard InChI is InChI=1S/C27H28ClN3O4/c1-17-5-10-22(13-18(17)2)35-25-15-24-23(26(33)31(11-4-12-32)27(34)30(24)3)14-19(25)6-8-21-9-7-20(28)16-29-21/h5-7,9-10,13,15-16,32H,4,8,11-12,14H2,1-3H3. The van der Waals surface area contributed by atoms with Crippen LogP contribution in [0, 0.1) is 13.8 Å². The maximum Gasteiger partial charge on any atom is 0.331 e. The molecule has 1 aliphatic carbocycles. The Labute approximate surface area is 208 Å². The summed E-state index contributed by atoms with van der Waals surface area (Å²) in [5.74, 6) is 1.26. The van der Waals surface area contributed by atoms with Gasteiger partial charge in [-0.2, -0.15) is 0 Å². The Morgan fingerprint density at radius 2 is 1.97 bits per heavy atom. The number of pyridine rings is 1. The van der Waals surface area contributed by atoms with Crippen molar-refractivity contribution in [1.29, 1.82) is 0 Å². The number of aromatic nitrogens is 3. The average Bonchev–Trinajstić information content (AvgIpc) is 2.85. The molecule has 182 valence electrons. The number of nitrogens with zero attached hydrogens (tertiary/aromatic N) is 3. The number of hydrogen-bond acceptors (Lipinski definition) is 5. The Morgan fingerprint density at radius 3 is 2.66 bits per heavy atom. The predicted molar refractivity (Wildman–Crippen MR) is 137 cm³/mol. The second kappa shape index (κ2) is 10.5. The van der Waals surface area contributed by atoms with Crippen LogP contribution in [-0.2, 0) is 26.4 Å². The summed E-state index contributed by atoms with van der Waals surface area (Å²) in [6.45, 7) is 4.13. The summed E-state index contributed by atoms with van der Waals surface area (Å²) in [5, 5.41) is 9.76. The normalized spacial score (nSPS) is 14.1. The van der Waals surface area contributed by atoms with Gasteiger partial charge in [0.05, 0.1) is 10.7 Å². The molecule has 35 heavy (non-hydrogen) atoms. The largest absolute Gasteiger partial charge is 0.457 e. The Morgan fingerprint density at radius 1 is 1.17 bits per heavy atom. The third-order valence-corrected chi connectivity index (χ3v) is 6.46. The first-order chi connectivity index (χ1) is 16.8. The fourth-order valence-corrected chi connectivity index (χ4v) is 4.16. The molecule has 0 fully saturated rings. The highest BCUT2D eigenvalue weighted by Gasteiger charge is 2.24. The number of benzene rings is 1. The number of aryl methyl sites for hydroxylation is 2. The lowest BCUT2D eigenvalue weighted by Gasteiger charge is -2.23. The lowest BCUT2D eigenvalue weighted by Crippen LogP contribution is -2.43. The number of ether oxygens (including phenoxy) is 1. The van der Waals surface area contributed by atoms with E-state index in [-0.39, 0.29) is 18.7 Å². The molecule has 0 unspecified atom stereocenters. The van der Waals surface area contributed by atoms with Gasteiger partial charge in [-0.3, -0.25) is 18.9 Å². The summed E-state index contributed by atoms with van der Waals surface area (Å²) in [5.41, 5.74) is 4.23. The average molecular weight is 494 g/mol. The molecule has 2 heterocycles. The maximum atomic E-state index is 13.2. The second-order valence-corrected chi connectivity index (χ2v) is 9.11. The Bertz CT molecular complexity index is 1430. The van der Waals surface area contributed by atoms with Gasteiger partial charge in [-0.15, -0.1) is 0 Å². The van der Waals surface area contributed by atoms with Crippen molar-refractivity contribution in [3.63, 3.8) is 0 Å². The van der Waals surface area contributed by atoms with E-state index in [9.17, 15) is 14.7 Å².